The molecule has 3 atom stereocenters. The van der Waals surface area contributed by atoms with Gasteiger partial charge >= 0.3 is 12.1 Å². The number of hydrogen-bond donors (Lipinski definition) is 3. The molecule has 0 spiro atoms. The molecule has 1 aliphatic carbocycles. The summed E-state index contributed by atoms with van der Waals surface area (Å²) in [7, 11) is 0. The fraction of sp³-hybridized carbons (Fsp3) is 0.423. The van der Waals surface area contributed by atoms with Crippen LogP contribution in [0.15, 0.2) is 48.5 Å². The predicted octanol–water partition coefficient (Wildman–Crippen LogP) is 3.16. The highest BCUT2D eigenvalue weighted by Gasteiger charge is 2.40. The van der Waals surface area contributed by atoms with Gasteiger partial charge in [0, 0.05) is 5.92 Å². The first-order valence-corrected chi connectivity index (χ1v) is 11.4. The summed E-state index contributed by atoms with van der Waals surface area (Å²) >= 11 is 0. The van der Waals surface area contributed by atoms with E-state index in [1.165, 1.54) is 0 Å². The Bertz CT molecular complexity index is 1050. The van der Waals surface area contributed by atoms with Crippen LogP contribution in [0.5, 0.6) is 0 Å². The van der Waals surface area contributed by atoms with Crippen molar-refractivity contribution in [1.82, 2.24) is 10.6 Å². The summed E-state index contributed by atoms with van der Waals surface area (Å²) in [5.41, 5.74) is 3.83. The quantitative estimate of drug-likeness (QED) is 0.603. The Labute approximate surface area is 198 Å². The number of amides is 2. The van der Waals surface area contributed by atoms with E-state index in [0.717, 1.165) is 22.3 Å². The molecule has 34 heavy (non-hydrogen) atoms. The molecular weight excluding hydrogens is 436 g/mol. The Morgan fingerprint density at radius 3 is 2.18 bits per heavy atom. The highest BCUT2D eigenvalue weighted by molar-refractivity contribution is 5.86. The van der Waals surface area contributed by atoms with Crippen LogP contribution in [0.3, 0.4) is 0 Å². The topological polar surface area (TPSA) is 114 Å². The Hall–Kier alpha value is -3.39. The van der Waals surface area contributed by atoms with Gasteiger partial charge in [0.2, 0.25) is 5.91 Å². The summed E-state index contributed by atoms with van der Waals surface area (Å²) in [4.78, 5) is 37.0. The zero-order valence-corrected chi connectivity index (χ0v) is 19.5. The van der Waals surface area contributed by atoms with Crippen LogP contribution in [-0.4, -0.2) is 55.0 Å². The smallest absolute Gasteiger partial charge is 0.407 e. The monoisotopic (exact) mass is 466 g/mol. The van der Waals surface area contributed by atoms with Crippen LogP contribution in [0, 0.1) is 11.3 Å². The van der Waals surface area contributed by atoms with E-state index in [2.05, 4.69) is 22.8 Å². The molecule has 4 rings (SSSR count). The second-order valence-corrected chi connectivity index (χ2v) is 9.87. The SMILES string of the molecule is CC(C)(C)[C@@H](NC(=O)C1COCC1NC(=O)OCC1c2ccccc2-c2ccccc21)C(=O)O. The van der Waals surface area contributed by atoms with Crippen molar-refractivity contribution in [3.63, 3.8) is 0 Å². The number of rotatable bonds is 6. The Balaban J connectivity index is 1.38. The molecule has 8 heteroatoms. The van der Waals surface area contributed by atoms with Crippen molar-refractivity contribution in [1.29, 1.82) is 0 Å². The van der Waals surface area contributed by atoms with Gasteiger partial charge in [-0.15, -0.1) is 0 Å². The number of benzene rings is 2. The van der Waals surface area contributed by atoms with Crippen molar-refractivity contribution >= 4 is 18.0 Å². The van der Waals surface area contributed by atoms with Gasteiger partial charge < -0.3 is 25.2 Å². The van der Waals surface area contributed by atoms with Crippen LogP contribution < -0.4 is 10.6 Å². The first kappa shape index (κ1) is 23.8. The van der Waals surface area contributed by atoms with Gasteiger partial charge in [-0.05, 0) is 27.7 Å². The molecule has 2 aromatic rings. The minimum absolute atomic E-state index is 0.0693. The molecular formula is C26H30N2O6. The van der Waals surface area contributed by atoms with Gasteiger partial charge in [-0.1, -0.05) is 69.3 Å². The van der Waals surface area contributed by atoms with Gasteiger partial charge in [-0.3, -0.25) is 4.79 Å². The van der Waals surface area contributed by atoms with Crippen LogP contribution in [0.1, 0.15) is 37.8 Å². The first-order chi connectivity index (χ1) is 16.2. The van der Waals surface area contributed by atoms with Gasteiger partial charge in [-0.25, -0.2) is 9.59 Å². The number of carboxylic acid groups (broad SMARTS) is 1. The number of carbonyl (C=O) groups excluding carboxylic acids is 2. The zero-order valence-electron chi connectivity index (χ0n) is 19.5. The Morgan fingerprint density at radius 1 is 1.03 bits per heavy atom. The van der Waals surface area contributed by atoms with E-state index in [1.54, 1.807) is 20.8 Å². The third-order valence-corrected chi connectivity index (χ3v) is 6.46. The molecule has 1 aliphatic heterocycles. The van der Waals surface area contributed by atoms with Gasteiger partial charge in [0.15, 0.2) is 0 Å². The highest BCUT2D eigenvalue weighted by Crippen LogP contribution is 2.44. The highest BCUT2D eigenvalue weighted by atomic mass is 16.5. The number of aliphatic carboxylic acids is 1. The first-order valence-electron chi connectivity index (χ1n) is 11.4. The molecule has 1 saturated heterocycles. The number of ether oxygens (including phenoxy) is 2. The van der Waals surface area contributed by atoms with Crippen LogP contribution in [0.25, 0.3) is 11.1 Å². The van der Waals surface area contributed by atoms with Crippen LogP contribution in [0.2, 0.25) is 0 Å². The van der Waals surface area contributed by atoms with Crippen LogP contribution >= 0.6 is 0 Å². The molecule has 0 aromatic heterocycles. The van der Waals surface area contributed by atoms with E-state index >= 15 is 0 Å². The number of alkyl carbamates (subject to hydrolysis) is 1. The molecule has 1 heterocycles. The van der Waals surface area contributed by atoms with Crippen molar-refractivity contribution in [2.45, 2.75) is 38.8 Å². The molecule has 0 bridgehead atoms. The molecule has 180 valence electrons. The van der Waals surface area contributed by atoms with Gasteiger partial charge in [0.25, 0.3) is 0 Å². The van der Waals surface area contributed by atoms with Crippen LogP contribution in [-0.2, 0) is 19.1 Å². The maximum Gasteiger partial charge on any atom is 0.407 e. The second-order valence-electron chi connectivity index (χ2n) is 9.87. The van der Waals surface area contributed by atoms with Crippen molar-refractivity contribution < 1.29 is 29.0 Å². The van der Waals surface area contributed by atoms with E-state index in [1.807, 2.05) is 36.4 Å². The lowest BCUT2D eigenvalue weighted by Crippen LogP contribution is -2.54. The lowest BCUT2D eigenvalue weighted by atomic mass is 9.86. The van der Waals surface area contributed by atoms with Gasteiger partial charge in [0.05, 0.1) is 25.2 Å². The summed E-state index contributed by atoms with van der Waals surface area (Å²) < 4.78 is 11.0. The zero-order chi connectivity index (χ0) is 24.5. The molecule has 2 aliphatic rings. The van der Waals surface area contributed by atoms with Gasteiger partial charge in [-0.2, -0.15) is 0 Å². The maximum absolute atomic E-state index is 12.8. The minimum Gasteiger partial charge on any atom is -0.480 e. The summed E-state index contributed by atoms with van der Waals surface area (Å²) in [5, 5.41) is 14.8. The molecule has 2 aromatic carbocycles. The van der Waals surface area contributed by atoms with E-state index in [4.69, 9.17) is 9.47 Å². The number of nitrogens with one attached hydrogen (secondary N) is 2. The van der Waals surface area contributed by atoms with Gasteiger partial charge in [0.1, 0.15) is 12.6 Å². The minimum atomic E-state index is -1.11. The third kappa shape index (κ3) is 4.77. The third-order valence-electron chi connectivity index (χ3n) is 6.46. The lowest BCUT2D eigenvalue weighted by Gasteiger charge is -2.29. The summed E-state index contributed by atoms with van der Waals surface area (Å²) in [5.74, 6) is -2.35. The standard InChI is InChI=1S/C26H30N2O6/c1-26(2,3)22(24(30)31)28-23(29)20-12-33-14-21(20)27-25(32)34-13-19-17-10-6-4-8-15(17)16-9-5-7-11-18(16)19/h4-11,19-22H,12-14H2,1-3H3,(H,27,32)(H,28,29)(H,30,31)/t20?,21?,22-/m0/s1. The summed E-state index contributed by atoms with van der Waals surface area (Å²) in [6.07, 6.45) is -0.638. The molecule has 2 unspecified atom stereocenters. The van der Waals surface area contributed by atoms with Crippen molar-refractivity contribution in [3.8, 4) is 11.1 Å². The average molecular weight is 467 g/mol. The molecule has 0 saturated carbocycles. The van der Waals surface area contributed by atoms with E-state index in [9.17, 15) is 19.5 Å². The molecule has 3 N–H and O–H groups in total. The van der Waals surface area contributed by atoms with Crippen LogP contribution in [0.4, 0.5) is 4.79 Å². The number of carbonyl (C=O) groups is 3. The Morgan fingerprint density at radius 2 is 1.62 bits per heavy atom. The fourth-order valence-corrected chi connectivity index (χ4v) is 4.64. The number of carboxylic acids is 1. The molecule has 0 radical (unpaired) electrons. The van der Waals surface area contributed by atoms with Crippen molar-refractivity contribution in [3.05, 3.63) is 59.7 Å². The lowest BCUT2D eigenvalue weighted by molar-refractivity contribution is -0.145. The number of fused-ring (bicyclic) bond motifs is 3. The predicted molar refractivity (Wildman–Crippen MR) is 125 cm³/mol. The summed E-state index contributed by atoms with van der Waals surface area (Å²) in [6, 6.07) is 14.5. The molecule has 8 nitrogen and oxygen atoms in total. The number of hydrogen-bond acceptors (Lipinski definition) is 5. The average Bonchev–Trinajstić information content (AvgIpc) is 3.37. The summed E-state index contributed by atoms with van der Waals surface area (Å²) in [6.45, 7) is 5.62. The van der Waals surface area contributed by atoms with Crippen molar-refractivity contribution in [2.75, 3.05) is 19.8 Å². The largest absolute Gasteiger partial charge is 0.480 e. The maximum atomic E-state index is 12.8. The molecule has 2 amide bonds. The normalized spacial score (nSPS) is 20.2. The fourth-order valence-electron chi connectivity index (χ4n) is 4.64. The van der Waals surface area contributed by atoms with E-state index < -0.39 is 41.4 Å². The second kappa shape index (κ2) is 9.46. The van der Waals surface area contributed by atoms with Crippen molar-refractivity contribution in [2.24, 2.45) is 11.3 Å². The van der Waals surface area contributed by atoms with E-state index in [-0.39, 0.29) is 25.7 Å². The molecule has 1 fully saturated rings. The van der Waals surface area contributed by atoms with E-state index in [0.29, 0.717) is 0 Å². The Kier molecular flexibility index (Phi) is 6.61.